The fourth-order valence-electron chi connectivity index (χ4n) is 3.00. The molecule has 2 heterocycles. The molecule has 1 N–H and O–H groups in total. The van der Waals surface area contributed by atoms with Gasteiger partial charge in [0.1, 0.15) is 5.75 Å². The molecule has 1 saturated heterocycles. The number of furan rings is 1. The van der Waals surface area contributed by atoms with Crippen molar-refractivity contribution in [1.29, 1.82) is 0 Å². The van der Waals surface area contributed by atoms with E-state index < -0.39 is 0 Å². The minimum Gasteiger partial charge on any atom is -0.497 e. The van der Waals surface area contributed by atoms with Crippen LogP contribution in [0, 0.1) is 0 Å². The van der Waals surface area contributed by atoms with Crippen LogP contribution in [0.3, 0.4) is 0 Å². The molecule has 0 unspecified atom stereocenters. The van der Waals surface area contributed by atoms with E-state index in [9.17, 15) is 4.79 Å². The van der Waals surface area contributed by atoms with Crippen LogP contribution < -0.4 is 10.1 Å². The van der Waals surface area contributed by atoms with Gasteiger partial charge in [-0.25, -0.2) is 4.99 Å². The second-order valence-electron chi connectivity index (χ2n) is 6.27. The molecule has 7 nitrogen and oxygen atoms in total. The molecule has 0 spiro atoms. The van der Waals surface area contributed by atoms with E-state index in [0.29, 0.717) is 25.4 Å². The zero-order valence-electron chi connectivity index (χ0n) is 15.9. The zero-order chi connectivity index (χ0) is 19.1. The maximum Gasteiger partial charge on any atom is 0.289 e. The zero-order valence-corrected chi connectivity index (χ0v) is 15.9. The van der Waals surface area contributed by atoms with E-state index in [1.165, 1.54) is 6.26 Å². The average molecular weight is 370 g/mol. The molecule has 1 aliphatic heterocycles. The predicted octanol–water partition coefficient (Wildman–Crippen LogP) is 2.21. The van der Waals surface area contributed by atoms with Gasteiger partial charge in [0.25, 0.3) is 5.91 Å². The summed E-state index contributed by atoms with van der Waals surface area (Å²) < 4.78 is 10.4. The standard InChI is InChI=1S/C20H26N4O3/c1-3-21-20(22-15-16-6-8-17(26-2)9-7-16)24-12-10-23(11-13-24)19(25)18-5-4-14-27-18/h4-9,14H,3,10-13,15H2,1-2H3,(H,21,22). The lowest BCUT2D eigenvalue weighted by molar-refractivity contribution is 0.0657. The van der Waals surface area contributed by atoms with Gasteiger partial charge in [-0.2, -0.15) is 0 Å². The monoisotopic (exact) mass is 370 g/mol. The molecule has 1 amide bonds. The second kappa shape index (κ2) is 9.12. The molecule has 0 saturated carbocycles. The maximum absolute atomic E-state index is 12.4. The van der Waals surface area contributed by atoms with Gasteiger partial charge in [-0.05, 0) is 36.8 Å². The minimum atomic E-state index is -0.0557. The molecule has 1 fully saturated rings. The molecule has 1 aliphatic rings. The van der Waals surface area contributed by atoms with Crippen LogP contribution in [0.15, 0.2) is 52.1 Å². The van der Waals surface area contributed by atoms with Crippen molar-refractivity contribution in [3.8, 4) is 5.75 Å². The fraction of sp³-hybridized carbons (Fsp3) is 0.400. The van der Waals surface area contributed by atoms with Gasteiger partial charge in [0.05, 0.1) is 19.9 Å². The average Bonchev–Trinajstić information content (AvgIpc) is 3.26. The lowest BCUT2D eigenvalue weighted by atomic mass is 10.2. The van der Waals surface area contributed by atoms with Crippen LogP contribution in [0.1, 0.15) is 23.0 Å². The third kappa shape index (κ3) is 4.81. The quantitative estimate of drug-likeness (QED) is 0.645. The van der Waals surface area contributed by atoms with Gasteiger partial charge >= 0.3 is 0 Å². The minimum absolute atomic E-state index is 0.0557. The van der Waals surface area contributed by atoms with Crippen LogP contribution >= 0.6 is 0 Å². The highest BCUT2D eigenvalue weighted by Gasteiger charge is 2.25. The SMILES string of the molecule is CCNC(=NCc1ccc(OC)cc1)N1CCN(C(=O)c2ccco2)CC1. The fourth-order valence-corrected chi connectivity index (χ4v) is 3.00. The number of hydrogen-bond donors (Lipinski definition) is 1. The Labute approximate surface area is 159 Å². The molecule has 7 heteroatoms. The molecule has 0 radical (unpaired) electrons. The molecule has 27 heavy (non-hydrogen) atoms. The van der Waals surface area contributed by atoms with Gasteiger partial charge in [-0.3, -0.25) is 4.79 Å². The molecular formula is C20H26N4O3. The molecule has 1 aromatic heterocycles. The highest BCUT2D eigenvalue weighted by molar-refractivity contribution is 5.91. The van der Waals surface area contributed by atoms with Gasteiger partial charge in [-0.15, -0.1) is 0 Å². The first-order valence-corrected chi connectivity index (χ1v) is 9.20. The Hall–Kier alpha value is -2.96. The Kier molecular flexibility index (Phi) is 6.35. The van der Waals surface area contributed by atoms with Crippen LogP contribution in [0.5, 0.6) is 5.75 Å². The second-order valence-corrected chi connectivity index (χ2v) is 6.27. The summed E-state index contributed by atoms with van der Waals surface area (Å²) in [5.41, 5.74) is 1.12. The number of carbonyl (C=O) groups excluding carboxylic acids is 1. The summed E-state index contributed by atoms with van der Waals surface area (Å²) in [6.07, 6.45) is 1.53. The Balaban J connectivity index is 1.59. The Morgan fingerprint density at radius 2 is 1.85 bits per heavy atom. The molecule has 144 valence electrons. The summed E-state index contributed by atoms with van der Waals surface area (Å²) in [5.74, 6) is 2.05. The van der Waals surface area contributed by atoms with E-state index in [-0.39, 0.29) is 5.91 Å². The highest BCUT2D eigenvalue weighted by Crippen LogP contribution is 2.13. The smallest absolute Gasteiger partial charge is 0.289 e. The Morgan fingerprint density at radius 3 is 2.44 bits per heavy atom. The van der Waals surface area contributed by atoms with Crippen molar-refractivity contribution in [2.24, 2.45) is 4.99 Å². The van der Waals surface area contributed by atoms with Crippen molar-refractivity contribution < 1.29 is 13.9 Å². The van der Waals surface area contributed by atoms with Crippen molar-refractivity contribution in [2.45, 2.75) is 13.5 Å². The Bertz CT molecular complexity index is 748. The Morgan fingerprint density at radius 1 is 1.15 bits per heavy atom. The van der Waals surface area contributed by atoms with E-state index in [1.807, 2.05) is 29.2 Å². The van der Waals surface area contributed by atoms with Crippen LogP contribution in [-0.2, 0) is 6.54 Å². The van der Waals surface area contributed by atoms with Gasteiger partial charge in [0.15, 0.2) is 11.7 Å². The van der Waals surface area contributed by atoms with E-state index >= 15 is 0 Å². The normalized spacial score (nSPS) is 15.0. The van der Waals surface area contributed by atoms with E-state index in [4.69, 9.17) is 14.1 Å². The number of nitrogens with zero attached hydrogens (tertiary/aromatic N) is 3. The number of carbonyl (C=O) groups is 1. The van der Waals surface area contributed by atoms with Crippen molar-refractivity contribution in [1.82, 2.24) is 15.1 Å². The lowest BCUT2D eigenvalue weighted by Gasteiger charge is -2.36. The van der Waals surface area contributed by atoms with Crippen LogP contribution in [-0.4, -0.2) is 61.5 Å². The summed E-state index contributed by atoms with van der Waals surface area (Å²) in [4.78, 5) is 21.2. The summed E-state index contributed by atoms with van der Waals surface area (Å²) in [5, 5.41) is 3.35. The van der Waals surface area contributed by atoms with Crippen LogP contribution in [0.25, 0.3) is 0 Å². The number of amides is 1. The summed E-state index contributed by atoms with van der Waals surface area (Å²) in [7, 11) is 1.66. The molecular weight excluding hydrogens is 344 g/mol. The first-order chi connectivity index (χ1) is 13.2. The molecule has 2 aromatic rings. The highest BCUT2D eigenvalue weighted by atomic mass is 16.5. The van der Waals surface area contributed by atoms with Gasteiger partial charge in [0, 0.05) is 32.7 Å². The summed E-state index contributed by atoms with van der Waals surface area (Å²) >= 11 is 0. The number of ether oxygens (including phenoxy) is 1. The number of nitrogens with one attached hydrogen (secondary N) is 1. The lowest BCUT2D eigenvalue weighted by Crippen LogP contribution is -2.53. The molecule has 3 rings (SSSR count). The summed E-state index contributed by atoms with van der Waals surface area (Å²) in [6, 6.07) is 11.4. The van der Waals surface area contributed by atoms with Gasteiger partial charge < -0.3 is 24.3 Å². The molecule has 0 bridgehead atoms. The number of methoxy groups -OCH3 is 1. The number of aliphatic imine (C=N–C) groups is 1. The van der Waals surface area contributed by atoms with Crippen molar-refractivity contribution in [2.75, 3.05) is 39.8 Å². The molecule has 0 aliphatic carbocycles. The third-order valence-corrected chi connectivity index (χ3v) is 4.50. The predicted molar refractivity (Wildman–Crippen MR) is 104 cm³/mol. The van der Waals surface area contributed by atoms with Crippen LogP contribution in [0.2, 0.25) is 0 Å². The van der Waals surface area contributed by atoms with Gasteiger partial charge in [-0.1, -0.05) is 12.1 Å². The van der Waals surface area contributed by atoms with Crippen molar-refractivity contribution in [3.63, 3.8) is 0 Å². The van der Waals surface area contributed by atoms with Crippen molar-refractivity contribution >= 4 is 11.9 Å². The van der Waals surface area contributed by atoms with Gasteiger partial charge in [0.2, 0.25) is 0 Å². The topological polar surface area (TPSA) is 70.3 Å². The number of guanidine groups is 1. The van der Waals surface area contributed by atoms with E-state index in [0.717, 1.165) is 36.9 Å². The molecule has 0 atom stereocenters. The van der Waals surface area contributed by atoms with E-state index in [2.05, 4.69) is 17.1 Å². The number of hydrogen-bond acceptors (Lipinski definition) is 4. The summed E-state index contributed by atoms with van der Waals surface area (Å²) in [6.45, 7) is 6.21. The number of benzene rings is 1. The molecule has 1 aromatic carbocycles. The number of rotatable bonds is 5. The van der Waals surface area contributed by atoms with E-state index in [1.54, 1.807) is 19.2 Å². The first kappa shape index (κ1) is 18.8. The third-order valence-electron chi connectivity index (χ3n) is 4.50. The largest absolute Gasteiger partial charge is 0.497 e. The number of piperazine rings is 1. The first-order valence-electron chi connectivity index (χ1n) is 9.20. The van der Waals surface area contributed by atoms with Crippen molar-refractivity contribution in [3.05, 3.63) is 54.0 Å². The maximum atomic E-state index is 12.4. The van der Waals surface area contributed by atoms with Crippen LogP contribution in [0.4, 0.5) is 0 Å².